The van der Waals surface area contributed by atoms with Gasteiger partial charge in [0.15, 0.2) is 23.9 Å². The molecule has 2 aromatic heterocycles. The monoisotopic (exact) mass is 564 g/mol. The van der Waals surface area contributed by atoms with Gasteiger partial charge in [0.25, 0.3) is 0 Å². The number of pyridine rings is 1. The molecule has 1 aromatic carbocycles. The first kappa shape index (κ1) is 28.4. The van der Waals surface area contributed by atoms with Crippen molar-refractivity contribution in [3.63, 3.8) is 0 Å². The van der Waals surface area contributed by atoms with E-state index in [1.807, 2.05) is 70.3 Å². The van der Waals surface area contributed by atoms with Gasteiger partial charge in [-0.15, -0.1) is 0 Å². The number of ether oxygens (including phenoxy) is 3. The van der Waals surface area contributed by atoms with Crippen LogP contribution in [0.2, 0.25) is 0 Å². The third-order valence-corrected chi connectivity index (χ3v) is 7.97. The third-order valence-electron chi connectivity index (χ3n) is 7.97. The lowest BCUT2D eigenvalue weighted by Gasteiger charge is -2.29. The summed E-state index contributed by atoms with van der Waals surface area (Å²) in [6, 6.07) is 9.00. The number of aromatic nitrogens is 3. The van der Waals surface area contributed by atoms with Crippen molar-refractivity contribution in [2.75, 3.05) is 38.4 Å². The fourth-order valence-electron chi connectivity index (χ4n) is 5.96. The van der Waals surface area contributed by atoms with Crippen LogP contribution in [0.3, 0.4) is 0 Å². The zero-order valence-electron chi connectivity index (χ0n) is 23.8. The Morgan fingerprint density at radius 2 is 2.12 bits per heavy atom. The standard InChI is InChI=1S/C30H37N5O6/c1-4-5-13-35(22-8-6-11-32(2)17-22)27(36)19-33-18-23(21-15-25(39-3)29-26(16-21)40-20-41-29)28(30(37)38)24(33)9-14-34-12-7-10-31-34/h6-8,10-12,15-17,23-24,28H,4-5,9,13-14,18-20H2,1-3H3/p+1/t23-,24+,28?/m1/s1. The Balaban J connectivity index is 1.47. The van der Waals surface area contributed by atoms with Crippen molar-refractivity contribution in [2.45, 2.75) is 44.7 Å². The number of amides is 1. The van der Waals surface area contributed by atoms with E-state index in [0.717, 1.165) is 24.1 Å². The van der Waals surface area contributed by atoms with Crippen molar-refractivity contribution < 1.29 is 33.5 Å². The SMILES string of the molecule is CCCCN(C(=O)CN1C[C@H](c2cc(OC)c3c(c2)OCO3)C(C(=O)O)[C@@H]1CCn1cccn1)c1ccc[n+](C)c1. The van der Waals surface area contributed by atoms with E-state index in [1.165, 1.54) is 0 Å². The number of carbonyl (C=O) groups is 2. The molecule has 1 saturated heterocycles. The van der Waals surface area contributed by atoms with E-state index >= 15 is 0 Å². The van der Waals surface area contributed by atoms with Crippen molar-refractivity contribution in [1.29, 1.82) is 0 Å². The zero-order chi connectivity index (χ0) is 28.9. The summed E-state index contributed by atoms with van der Waals surface area (Å²) in [5.74, 6) is -0.525. The average molecular weight is 565 g/mol. The van der Waals surface area contributed by atoms with E-state index in [-0.39, 0.29) is 31.2 Å². The molecule has 3 atom stereocenters. The summed E-state index contributed by atoms with van der Waals surface area (Å²) < 4.78 is 20.5. The van der Waals surface area contributed by atoms with E-state index in [9.17, 15) is 14.7 Å². The predicted octanol–water partition coefficient (Wildman–Crippen LogP) is 2.84. The molecule has 0 spiro atoms. The molecule has 1 unspecified atom stereocenters. The van der Waals surface area contributed by atoms with Crippen molar-refractivity contribution in [2.24, 2.45) is 13.0 Å². The van der Waals surface area contributed by atoms with E-state index in [1.54, 1.807) is 18.0 Å². The number of methoxy groups -OCH3 is 1. The number of hydrogen-bond acceptors (Lipinski definition) is 7. The Labute approximate surface area is 239 Å². The van der Waals surface area contributed by atoms with Gasteiger partial charge < -0.3 is 24.2 Å². The number of carboxylic acid groups (broad SMARTS) is 1. The smallest absolute Gasteiger partial charge is 0.308 e. The number of hydrogen-bond donors (Lipinski definition) is 1. The maximum atomic E-state index is 13.9. The molecule has 4 heterocycles. The number of unbranched alkanes of at least 4 members (excludes halogenated alkanes) is 1. The van der Waals surface area contributed by atoms with Gasteiger partial charge in [-0.2, -0.15) is 5.10 Å². The van der Waals surface area contributed by atoms with Gasteiger partial charge in [0.1, 0.15) is 12.7 Å². The van der Waals surface area contributed by atoms with Crippen molar-refractivity contribution in [3.8, 4) is 17.2 Å². The molecular weight excluding hydrogens is 526 g/mol. The van der Waals surface area contributed by atoms with Crippen molar-refractivity contribution in [3.05, 3.63) is 60.7 Å². The number of aryl methyl sites for hydroxylation is 2. The molecule has 1 amide bonds. The second-order valence-electron chi connectivity index (χ2n) is 10.6. The highest BCUT2D eigenvalue weighted by atomic mass is 16.7. The Bertz CT molecular complexity index is 1360. The number of aliphatic carboxylic acids is 1. The molecular formula is C30H38N5O6+. The molecule has 1 N–H and O–H groups in total. The topological polar surface area (TPSA) is 110 Å². The van der Waals surface area contributed by atoms with Gasteiger partial charge in [-0.25, -0.2) is 4.57 Å². The molecule has 0 bridgehead atoms. The molecule has 0 radical (unpaired) electrons. The molecule has 5 rings (SSSR count). The van der Waals surface area contributed by atoms with E-state index in [0.29, 0.717) is 43.3 Å². The van der Waals surface area contributed by atoms with Gasteiger partial charge >= 0.3 is 5.97 Å². The Kier molecular flexibility index (Phi) is 8.72. The minimum atomic E-state index is -0.898. The minimum absolute atomic E-state index is 0.0539. The fraction of sp³-hybridized carbons (Fsp3) is 0.467. The second-order valence-corrected chi connectivity index (χ2v) is 10.6. The summed E-state index contributed by atoms with van der Waals surface area (Å²) in [6.07, 6.45) is 9.78. The third kappa shape index (κ3) is 6.14. The normalized spacial score (nSPS) is 19.8. The van der Waals surface area contributed by atoms with Crippen LogP contribution in [0, 0.1) is 5.92 Å². The fourth-order valence-corrected chi connectivity index (χ4v) is 5.96. The van der Waals surface area contributed by atoms with Gasteiger partial charge in [0.05, 0.1) is 19.6 Å². The molecule has 2 aliphatic heterocycles. The highest BCUT2D eigenvalue weighted by Gasteiger charge is 2.47. The van der Waals surface area contributed by atoms with Gasteiger partial charge in [0.2, 0.25) is 18.4 Å². The molecule has 0 aliphatic carbocycles. The number of anilines is 1. The predicted molar refractivity (Wildman–Crippen MR) is 150 cm³/mol. The first-order valence-electron chi connectivity index (χ1n) is 14.1. The number of benzene rings is 1. The first-order valence-corrected chi connectivity index (χ1v) is 14.1. The van der Waals surface area contributed by atoms with Crippen LogP contribution in [0.4, 0.5) is 5.69 Å². The summed E-state index contributed by atoms with van der Waals surface area (Å²) in [5, 5.41) is 14.9. The molecule has 3 aromatic rings. The van der Waals surface area contributed by atoms with Crippen LogP contribution in [0.5, 0.6) is 17.2 Å². The maximum Gasteiger partial charge on any atom is 0.308 e. The second kappa shape index (κ2) is 12.6. The van der Waals surface area contributed by atoms with Gasteiger partial charge in [-0.05, 0) is 42.7 Å². The Morgan fingerprint density at radius 1 is 1.27 bits per heavy atom. The summed E-state index contributed by atoms with van der Waals surface area (Å²) in [6.45, 7) is 3.82. The lowest BCUT2D eigenvalue weighted by atomic mass is 9.84. The summed E-state index contributed by atoms with van der Waals surface area (Å²) in [7, 11) is 3.48. The minimum Gasteiger partial charge on any atom is -0.493 e. The Hall–Kier alpha value is -4.12. The average Bonchev–Trinajstić information content (AvgIpc) is 3.72. The van der Waals surface area contributed by atoms with Gasteiger partial charge in [-0.1, -0.05) is 13.3 Å². The molecule has 41 heavy (non-hydrogen) atoms. The highest BCUT2D eigenvalue weighted by Crippen LogP contribution is 2.47. The summed E-state index contributed by atoms with van der Waals surface area (Å²) in [5.41, 5.74) is 1.61. The molecule has 11 nitrogen and oxygen atoms in total. The highest BCUT2D eigenvalue weighted by molar-refractivity contribution is 5.94. The Morgan fingerprint density at radius 3 is 2.83 bits per heavy atom. The van der Waals surface area contributed by atoms with Crippen molar-refractivity contribution in [1.82, 2.24) is 14.7 Å². The van der Waals surface area contributed by atoms with Crippen LogP contribution in [0.15, 0.2) is 55.1 Å². The molecule has 0 saturated carbocycles. The van der Waals surface area contributed by atoms with Crippen LogP contribution < -0.4 is 23.7 Å². The van der Waals surface area contributed by atoms with Crippen LogP contribution in [-0.4, -0.2) is 71.2 Å². The maximum absolute atomic E-state index is 13.9. The molecule has 218 valence electrons. The molecule has 1 fully saturated rings. The van der Waals surface area contributed by atoms with E-state index in [2.05, 4.69) is 12.0 Å². The number of nitrogens with zero attached hydrogens (tertiary/aromatic N) is 5. The first-order chi connectivity index (χ1) is 19.9. The summed E-state index contributed by atoms with van der Waals surface area (Å²) in [4.78, 5) is 30.7. The van der Waals surface area contributed by atoms with Gasteiger partial charge in [0, 0.05) is 50.1 Å². The largest absolute Gasteiger partial charge is 0.493 e. The van der Waals surface area contributed by atoms with Crippen LogP contribution in [0.25, 0.3) is 0 Å². The molecule has 11 heteroatoms. The number of fused-ring (bicyclic) bond motifs is 1. The van der Waals surface area contributed by atoms with E-state index in [4.69, 9.17) is 14.2 Å². The van der Waals surface area contributed by atoms with Crippen LogP contribution in [0.1, 0.15) is 37.7 Å². The molecule has 2 aliphatic rings. The lowest BCUT2D eigenvalue weighted by molar-refractivity contribution is -0.670. The number of rotatable bonds is 12. The van der Waals surface area contributed by atoms with Crippen molar-refractivity contribution >= 4 is 17.6 Å². The van der Waals surface area contributed by atoms with Gasteiger partial charge in [-0.3, -0.25) is 19.2 Å². The zero-order valence-corrected chi connectivity index (χ0v) is 23.8. The van der Waals surface area contributed by atoms with Crippen LogP contribution in [-0.2, 0) is 23.2 Å². The summed E-state index contributed by atoms with van der Waals surface area (Å²) >= 11 is 0. The van der Waals surface area contributed by atoms with E-state index < -0.39 is 11.9 Å². The number of likely N-dealkylation sites (tertiary alicyclic amines) is 1. The lowest BCUT2D eigenvalue weighted by Crippen LogP contribution is -2.45. The number of carbonyl (C=O) groups excluding carboxylic acids is 1. The van der Waals surface area contributed by atoms with Crippen LogP contribution >= 0.6 is 0 Å². The quantitative estimate of drug-likeness (QED) is 0.335. The number of carboxylic acids is 1.